The van der Waals surface area contributed by atoms with Crippen molar-refractivity contribution in [1.82, 2.24) is 9.55 Å². The van der Waals surface area contributed by atoms with Crippen molar-refractivity contribution in [1.29, 1.82) is 0 Å². The van der Waals surface area contributed by atoms with Gasteiger partial charge in [-0.2, -0.15) is 0 Å². The van der Waals surface area contributed by atoms with Crippen molar-refractivity contribution in [2.24, 2.45) is 12.8 Å². The summed E-state index contributed by atoms with van der Waals surface area (Å²) in [6.07, 6.45) is 3.96. The minimum Gasteiger partial charge on any atom is -0.337 e. The minimum atomic E-state index is -0.420. The molecule has 17 heavy (non-hydrogen) atoms. The molecule has 0 aliphatic carbocycles. The number of rotatable bonds is 3. The molecule has 3 nitrogen and oxygen atoms in total. The van der Waals surface area contributed by atoms with Crippen molar-refractivity contribution in [3.05, 3.63) is 52.8 Å². The fraction of sp³-hybridized carbons (Fsp3) is 0.250. The molecule has 0 radical (unpaired) electrons. The van der Waals surface area contributed by atoms with E-state index in [2.05, 4.69) is 4.98 Å². The van der Waals surface area contributed by atoms with Crippen LogP contribution < -0.4 is 5.73 Å². The molecule has 5 heteroatoms. The molecule has 1 aromatic heterocycles. The Bertz CT molecular complexity index is 524. The average molecular weight is 254 g/mol. The van der Waals surface area contributed by atoms with Gasteiger partial charge in [0.15, 0.2) is 0 Å². The van der Waals surface area contributed by atoms with Crippen LogP contribution in [0, 0.1) is 5.82 Å². The van der Waals surface area contributed by atoms with Crippen LogP contribution in [0.5, 0.6) is 0 Å². The van der Waals surface area contributed by atoms with Gasteiger partial charge in [0.25, 0.3) is 0 Å². The van der Waals surface area contributed by atoms with Crippen molar-refractivity contribution in [2.75, 3.05) is 0 Å². The summed E-state index contributed by atoms with van der Waals surface area (Å²) in [6, 6.07) is 4.43. The summed E-state index contributed by atoms with van der Waals surface area (Å²) in [5.74, 6) is 0.335. The van der Waals surface area contributed by atoms with E-state index in [9.17, 15) is 4.39 Å². The second-order valence-electron chi connectivity index (χ2n) is 3.92. The van der Waals surface area contributed by atoms with Gasteiger partial charge in [0.05, 0.1) is 11.1 Å². The van der Waals surface area contributed by atoms with Gasteiger partial charge in [0.2, 0.25) is 0 Å². The van der Waals surface area contributed by atoms with Crippen LogP contribution in [-0.4, -0.2) is 9.55 Å². The van der Waals surface area contributed by atoms with E-state index in [0.29, 0.717) is 12.0 Å². The van der Waals surface area contributed by atoms with Gasteiger partial charge >= 0.3 is 0 Å². The fourth-order valence-electron chi connectivity index (χ4n) is 1.77. The maximum Gasteiger partial charge on any atom is 0.142 e. The monoisotopic (exact) mass is 253 g/mol. The molecule has 0 bridgehead atoms. The van der Waals surface area contributed by atoms with Crippen LogP contribution in [0.1, 0.15) is 17.4 Å². The lowest BCUT2D eigenvalue weighted by Gasteiger charge is -2.12. The van der Waals surface area contributed by atoms with Gasteiger partial charge < -0.3 is 10.3 Å². The summed E-state index contributed by atoms with van der Waals surface area (Å²) >= 11 is 5.88. The van der Waals surface area contributed by atoms with E-state index in [1.165, 1.54) is 6.07 Å². The van der Waals surface area contributed by atoms with E-state index in [1.807, 2.05) is 17.8 Å². The molecular formula is C12H13ClFN3. The summed E-state index contributed by atoms with van der Waals surface area (Å²) in [5, 5.41) is 0.136. The zero-order valence-electron chi connectivity index (χ0n) is 9.40. The average Bonchev–Trinajstić information content (AvgIpc) is 2.71. The predicted molar refractivity (Wildman–Crippen MR) is 65.3 cm³/mol. The third-order valence-corrected chi connectivity index (χ3v) is 3.08. The Morgan fingerprint density at radius 1 is 1.53 bits per heavy atom. The Balaban J connectivity index is 2.22. The smallest absolute Gasteiger partial charge is 0.142 e. The van der Waals surface area contributed by atoms with Crippen LogP contribution in [0.2, 0.25) is 5.02 Å². The Labute approximate surface area is 104 Å². The molecule has 0 amide bonds. The lowest BCUT2D eigenvalue weighted by atomic mass is 10.1. The molecule has 2 aromatic rings. The van der Waals surface area contributed by atoms with Crippen LogP contribution in [-0.2, 0) is 13.5 Å². The highest BCUT2D eigenvalue weighted by molar-refractivity contribution is 6.31. The first-order valence-corrected chi connectivity index (χ1v) is 5.63. The number of nitrogens with two attached hydrogens (primary N) is 1. The van der Waals surface area contributed by atoms with E-state index in [4.69, 9.17) is 17.3 Å². The van der Waals surface area contributed by atoms with Gasteiger partial charge in [0, 0.05) is 19.4 Å². The SMILES string of the molecule is Cn1ccnc1C(N)Cc1cccc(F)c1Cl. The summed E-state index contributed by atoms with van der Waals surface area (Å²) in [6.45, 7) is 0. The van der Waals surface area contributed by atoms with E-state index in [-0.39, 0.29) is 11.1 Å². The van der Waals surface area contributed by atoms with E-state index >= 15 is 0 Å². The molecule has 0 saturated carbocycles. The lowest BCUT2D eigenvalue weighted by Crippen LogP contribution is -2.18. The minimum absolute atomic E-state index is 0.136. The zero-order chi connectivity index (χ0) is 12.4. The summed E-state index contributed by atoms with van der Waals surface area (Å²) in [5.41, 5.74) is 6.72. The molecule has 1 aromatic carbocycles. The quantitative estimate of drug-likeness (QED) is 0.913. The number of hydrogen-bond acceptors (Lipinski definition) is 2. The van der Waals surface area contributed by atoms with Gasteiger partial charge in [-0.25, -0.2) is 9.37 Å². The standard InChI is InChI=1S/C12H13ClFN3/c1-17-6-5-16-12(17)10(15)7-8-3-2-4-9(14)11(8)13/h2-6,10H,7,15H2,1H3. The van der Waals surface area contributed by atoms with Crippen LogP contribution >= 0.6 is 11.6 Å². The number of nitrogens with zero attached hydrogens (tertiary/aromatic N) is 2. The van der Waals surface area contributed by atoms with Crippen LogP contribution in [0.3, 0.4) is 0 Å². The molecule has 0 aliphatic heterocycles. The molecule has 1 unspecified atom stereocenters. The third kappa shape index (κ3) is 2.48. The molecule has 2 N–H and O–H groups in total. The molecule has 0 spiro atoms. The number of halogens is 2. The zero-order valence-corrected chi connectivity index (χ0v) is 10.2. The molecular weight excluding hydrogens is 241 g/mol. The Morgan fingerprint density at radius 3 is 2.94 bits per heavy atom. The van der Waals surface area contributed by atoms with Crippen molar-refractivity contribution < 1.29 is 4.39 Å². The molecule has 0 fully saturated rings. The number of aryl methyl sites for hydroxylation is 1. The van der Waals surface area contributed by atoms with Crippen LogP contribution in [0.25, 0.3) is 0 Å². The summed E-state index contributed by atoms with van der Waals surface area (Å²) in [7, 11) is 1.87. The van der Waals surface area contributed by atoms with Crippen molar-refractivity contribution in [3.8, 4) is 0 Å². The lowest BCUT2D eigenvalue weighted by molar-refractivity contribution is 0.611. The normalized spacial score (nSPS) is 12.7. The number of imidazole rings is 1. The predicted octanol–water partition coefficient (Wildman–Crippen LogP) is 2.46. The van der Waals surface area contributed by atoms with Gasteiger partial charge in [-0.15, -0.1) is 0 Å². The second kappa shape index (κ2) is 4.85. The Kier molecular flexibility index (Phi) is 3.45. The van der Waals surface area contributed by atoms with Gasteiger partial charge in [-0.05, 0) is 18.1 Å². The molecule has 0 aliphatic rings. The summed E-state index contributed by atoms with van der Waals surface area (Å²) < 4.78 is 15.1. The first kappa shape index (κ1) is 12.1. The van der Waals surface area contributed by atoms with Crippen LogP contribution in [0.4, 0.5) is 4.39 Å². The van der Waals surface area contributed by atoms with Crippen molar-refractivity contribution >= 4 is 11.6 Å². The van der Waals surface area contributed by atoms with E-state index in [0.717, 1.165) is 5.82 Å². The number of benzene rings is 1. The fourth-order valence-corrected chi connectivity index (χ4v) is 1.97. The second-order valence-corrected chi connectivity index (χ2v) is 4.30. The van der Waals surface area contributed by atoms with Crippen molar-refractivity contribution in [3.63, 3.8) is 0 Å². The molecule has 0 saturated heterocycles. The highest BCUT2D eigenvalue weighted by Crippen LogP contribution is 2.23. The summed E-state index contributed by atoms with van der Waals surface area (Å²) in [4.78, 5) is 4.17. The first-order valence-electron chi connectivity index (χ1n) is 5.25. The van der Waals surface area contributed by atoms with E-state index < -0.39 is 5.82 Å². The van der Waals surface area contributed by atoms with E-state index in [1.54, 1.807) is 18.3 Å². The maximum absolute atomic E-state index is 13.3. The Morgan fingerprint density at radius 2 is 2.29 bits per heavy atom. The topological polar surface area (TPSA) is 43.8 Å². The number of aromatic nitrogens is 2. The molecule has 1 heterocycles. The Hall–Kier alpha value is -1.39. The van der Waals surface area contributed by atoms with Crippen molar-refractivity contribution in [2.45, 2.75) is 12.5 Å². The van der Waals surface area contributed by atoms with Gasteiger partial charge in [-0.3, -0.25) is 0 Å². The van der Waals surface area contributed by atoms with Gasteiger partial charge in [-0.1, -0.05) is 23.7 Å². The third-order valence-electron chi connectivity index (χ3n) is 2.66. The first-order chi connectivity index (χ1) is 8.09. The highest BCUT2D eigenvalue weighted by atomic mass is 35.5. The molecule has 2 rings (SSSR count). The number of hydrogen-bond donors (Lipinski definition) is 1. The maximum atomic E-state index is 13.3. The molecule has 90 valence electrons. The van der Waals surface area contributed by atoms with Crippen LogP contribution in [0.15, 0.2) is 30.6 Å². The largest absolute Gasteiger partial charge is 0.337 e. The molecule has 1 atom stereocenters. The highest BCUT2D eigenvalue weighted by Gasteiger charge is 2.14. The van der Waals surface area contributed by atoms with Gasteiger partial charge in [0.1, 0.15) is 11.6 Å².